The van der Waals surface area contributed by atoms with E-state index in [2.05, 4.69) is 523 Å². The Morgan fingerprint density at radius 2 is 0.312 bits per heavy atom. The fraction of sp³-hybridized carbons (Fsp3) is 0.0720. The van der Waals surface area contributed by atoms with E-state index < -0.39 is 0 Å². The Labute approximate surface area is 744 Å². The van der Waals surface area contributed by atoms with Gasteiger partial charge in [-0.25, -0.2) is 0 Å². The molecule has 0 heteroatoms. The molecule has 0 amide bonds. The highest BCUT2D eigenvalue weighted by Crippen LogP contribution is 2.31. The van der Waals surface area contributed by atoms with Gasteiger partial charge >= 0.3 is 0 Å². The second-order valence-electron chi connectivity index (χ2n) is 31.3. The topological polar surface area (TPSA) is 0 Å². The van der Waals surface area contributed by atoms with E-state index in [0.717, 1.165) is 0 Å². The van der Waals surface area contributed by atoms with Crippen molar-refractivity contribution in [2.75, 3.05) is 0 Å². The number of rotatable bonds is 9. The SMILES string of the molecule is Cc1ccc(-c2ccc(-c3ccccc3)cc2)cc1.Cc1ccc(-c2ccccc2)cc1.Cc1ccc2ccccc2c1.Cc1cccc(-c2ccc(-c3ccccc3)cc2)c1.Cc1cccc(-c2ccccc2)c1.Cc1cccc2ccccc12.Cc1ccccc1.Cc1ccccc1-c1ccc(-c2ccccc2)cc1.Cc1ccccc1-c1ccccc1. The van der Waals surface area contributed by atoms with Gasteiger partial charge in [0.15, 0.2) is 0 Å². The average Bonchev–Trinajstić information content (AvgIpc) is 0.849. The molecule has 0 bridgehead atoms. The fourth-order valence-electron chi connectivity index (χ4n) is 14.5. The van der Waals surface area contributed by atoms with Crippen LogP contribution in [0.15, 0.2) is 516 Å². The molecule has 612 valence electrons. The molecule has 20 rings (SSSR count). The van der Waals surface area contributed by atoms with Crippen molar-refractivity contribution in [1.82, 2.24) is 0 Å². The van der Waals surface area contributed by atoms with Crippen LogP contribution in [0.2, 0.25) is 0 Å². The lowest BCUT2D eigenvalue weighted by molar-refractivity contribution is 1.46. The van der Waals surface area contributed by atoms with Gasteiger partial charge in [-0.3, -0.25) is 0 Å². The summed E-state index contributed by atoms with van der Waals surface area (Å²) in [5.74, 6) is 0. The van der Waals surface area contributed by atoms with Crippen LogP contribution in [0.25, 0.3) is 122 Å². The molecule has 0 radical (unpaired) electrons. The molecular formula is C125H112. The van der Waals surface area contributed by atoms with Crippen LogP contribution in [-0.2, 0) is 0 Å². The predicted octanol–water partition coefficient (Wildman–Crippen LogP) is 35.3. The number of benzene rings is 20. The van der Waals surface area contributed by atoms with Crippen LogP contribution < -0.4 is 0 Å². The second-order valence-corrected chi connectivity index (χ2v) is 31.3. The van der Waals surface area contributed by atoms with Crippen LogP contribution in [-0.4, -0.2) is 0 Å². The van der Waals surface area contributed by atoms with E-state index in [-0.39, 0.29) is 0 Å². The van der Waals surface area contributed by atoms with Crippen LogP contribution in [0.4, 0.5) is 0 Å². The summed E-state index contributed by atoms with van der Waals surface area (Å²) in [5.41, 5.74) is 34.8. The van der Waals surface area contributed by atoms with Gasteiger partial charge in [-0.05, 0) is 201 Å². The average molecular weight is 1610 g/mol. The van der Waals surface area contributed by atoms with Crippen molar-refractivity contribution in [3.63, 3.8) is 0 Å². The van der Waals surface area contributed by atoms with Crippen LogP contribution >= 0.6 is 0 Å². The summed E-state index contributed by atoms with van der Waals surface area (Å²) >= 11 is 0. The van der Waals surface area contributed by atoms with E-state index in [4.69, 9.17) is 0 Å². The van der Waals surface area contributed by atoms with Gasteiger partial charge < -0.3 is 0 Å². The lowest BCUT2D eigenvalue weighted by Gasteiger charge is -2.07. The Kier molecular flexibility index (Phi) is 34.1. The molecule has 0 aliphatic carbocycles. The van der Waals surface area contributed by atoms with Crippen LogP contribution in [0, 0.1) is 62.3 Å². The summed E-state index contributed by atoms with van der Waals surface area (Å²) in [5, 5.41) is 5.33. The highest BCUT2D eigenvalue weighted by molar-refractivity contribution is 5.86. The van der Waals surface area contributed by atoms with Crippen molar-refractivity contribution < 1.29 is 0 Å². The van der Waals surface area contributed by atoms with Gasteiger partial charge in [0, 0.05) is 0 Å². The Balaban J connectivity index is 0.000000130. The molecule has 0 aromatic heterocycles. The molecule has 0 aliphatic heterocycles. The largest absolute Gasteiger partial charge is 0.0622 e. The molecule has 0 unspecified atom stereocenters. The van der Waals surface area contributed by atoms with Crippen molar-refractivity contribution in [2.45, 2.75) is 62.3 Å². The van der Waals surface area contributed by atoms with Crippen molar-refractivity contribution >= 4 is 21.5 Å². The van der Waals surface area contributed by atoms with Crippen LogP contribution in [0.1, 0.15) is 50.1 Å². The van der Waals surface area contributed by atoms with E-state index in [1.807, 2.05) is 54.6 Å². The third-order valence-corrected chi connectivity index (χ3v) is 21.5. The lowest BCUT2D eigenvalue weighted by atomic mass is 9.98. The predicted molar refractivity (Wildman–Crippen MR) is 545 cm³/mol. The van der Waals surface area contributed by atoms with E-state index in [9.17, 15) is 0 Å². The first kappa shape index (κ1) is 89.2. The van der Waals surface area contributed by atoms with Gasteiger partial charge in [0.05, 0.1) is 0 Å². The van der Waals surface area contributed by atoms with Crippen molar-refractivity contribution in [3.05, 3.63) is 566 Å². The molecule has 0 nitrogen and oxygen atoms in total. The zero-order chi connectivity index (χ0) is 87.0. The van der Waals surface area contributed by atoms with E-state index >= 15 is 0 Å². The molecule has 0 N–H and O–H groups in total. The highest BCUT2D eigenvalue weighted by atomic mass is 14.1. The molecule has 0 atom stereocenters. The first-order chi connectivity index (χ1) is 61.2. The van der Waals surface area contributed by atoms with Crippen LogP contribution in [0.3, 0.4) is 0 Å². The molecule has 0 fully saturated rings. The Morgan fingerprint density at radius 1 is 0.104 bits per heavy atom. The molecular weight excluding hydrogens is 1500 g/mol. The first-order valence-electron chi connectivity index (χ1n) is 43.2. The van der Waals surface area contributed by atoms with Gasteiger partial charge in [0.1, 0.15) is 0 Å². The van der Waals surface area contributed by atoms with E-state index in [0.29, 0.717) is 0 Å². The summed E-state index contributed by atoms with van der Waals surface area (Å²) in [7, 11) is 0. The number of hydrogen-bond donors (Lipinski definition) is 0. The number of fused-ring (bicyclic) bond motifs is 2. The van der Waals surface area contributed by atoms with Gasteiger partial charge in [-0.15, -0.1) is 0 Å². The smallest absolute Gasteiger partial charge is 0.0155 e. The summed E-state index contributed by atoms with van der Waals surface area (Å²) < 4.78 is 0. The zero-order valence-electron chi connectivity index (χ0n) is 73.6. The maximum Gasteiger partial charge on any atom is -0.0155 e. The van der Waals surface area contributed by atoms with Gasteiger partial charge in [-0.2, -0.15) is 0 Å². The molecule has 125 heavy (non-hydrogen) atoms. The normalized spacial score (nSPS) is 10.1. The van der Waals surface area contributed by atoms with Gasteiger partial charge in [-0.1, -0.05) is 549 Å². The first-order valence-corrected chi connectivity index (χ1v) is 43.2. The summed E-state index contributed by atoms with van der Waals surface area (Å²) in [6.45, 7) is 19.1. The Morgan fingerprint density at radius 3 is 0.656 bits per heavy atom. The number of aryl methyl sites for hydroxylation is 9. The monoisotopic (exact) mass is 1610 g/mol. The minimum absolute atomic E-state index is 1.26. The van der Waals surface area contributed by atoms with Crippen LogP contribution in [0.5, 0.6) is 0 Å². The highest BCUT2D eigenvalue weighted by Gasteiger charge is 2.07. The molecule has 0 saturated carbocycles. The summed E-state index contributed by atoms with van der Waals surface area (Å²) in [4.78, 5) is 0. The van der Waals surface area contributed by atoms with Crippen molar-refractivity contribution in [1.29, 1.82) is 0 Å². The third-order valence-electron chi connectivity index (χ3n) is 21.5. The molecule has 0 aliphatic rings. The Bertz CT molecular complexity index is 6490. The summed E-state index contributed by atoms with van der Waals surface area (Å²) in [6, 6.07) is 180. The second kappa shape index (κ2) is 47.8. The minimum Gasteiger partial charge on any atom is -0.0622 e. The van der Waals surface area contributed by atoms with Gasteiger partial charge in [0.2, 0.25) is 0 Å². The molecule has 0 spiro atoms. The van der Waals surface area contributed by atoms with E-state index in [1.165, 1.54) is 172 Å². The molecule has 0 heterocycles. The maximum absolute atomic E-state index is 2.22. The van der Waals surface area contributed by atoms with Crippen molar-refractivity contribution in [2.24, 2.45) is 0 Å². The molecule has 0 saturated heterocycles. The van der Waals surface area contributed by atoms with Crippen molar-refractivity contribution in [3.8, 4) is 100 Å². The fourth-order valence-corrected chi connectivity index (χ4v) is 14.5. The van der Waals surface area contributed by atoms with E-state index in [1.54, 1.807) is 0 Å². The standard InChI is InChI=1S/3C19H16.3C13H12.2C11H10.C7H8/c1-15-7-5-6-10-19(15)18-13-11-17(12-14-18)16-8-3-2-4-9-16;1-15-6-5-9-19(14-15)18-12-10-17(11-13-18)16-7-3-2-4-8-16;1-15-7-9-17(10-8-15)19-13-11-18(12-14-19)16-5-3-2-4-6-16;1-11-7-5-6-10-13(11)12-8-3-2-4-9-12;1-11-6-5-9-13(10-11)12-7-3-2-4-8-12;1-11-7-9-13(10-8-11)12-5-3-2-4-6-12;1-9-5-4-7-10-6-2-3-8-11(9)10;1-9-6-7-10-4-2-3-5-11(10)8-9;1-7-5-3-2-4-6-7/h3*2-14H,1H3;3*2-10H,1H3;2*2-8H,1H3;2-6H,1H3. The zero-order valence-corrected chi connectivity index (χ0v) is 73.6. The third kappa shape index (κ3) is 28.3. The quantitative estimate of drug-likeness (QED) is 0.135. The maximum atomic E-state index is 2.22. The molecule has 20 aromatic carbocycles. The van der Waals surface area contributed by atoms with Gasteiger partial charge in [0.25, 0.3) is 0 Å². The number of hydrogen-bond acceptors (Lipinski definition) is 0. The summed E-state index contributed by atoms with van der Waals surface area (Å²) in [6.07, 6.45) is 0. The minimum atomic E-state index is 1.26. The molecule has 20 aromatic rings. The lowest BCUT2D eigenvalue weighted by Crippen LogP contribution is -1.83. The Hall–Kier alpha value is -15.1.